The second-order valence-corrected chi connectivity index (χ2v) is 6.61. The summed E-state index contributed by atoms with van der Waals surface area (Å²) in [4.78, 5) is 10.2. The molecule has 1 fully saturated rings. The van der Waals surface area contributed by atoms with E-state index in [-0.39, 0.29) is 22.9 Å². The lowest BCUT2D eigenvalue weighted by molar-refractivity contribution is -0.385. The topological polar surface area (TPSA) is 107 Å². The fraction of sp³-hybridized carbons (Fsp3) is 0.455. The Morgan fingerprint density at radius 1 is 1.42 bits per heavy atom. The summed E-state index contributed by atoms with van der Waals surface area (Å²) < 4.78 is 28.1. The van der Waals surface area contributed by atoms with Gasteiger partial charge in [-0.25, -0.2) is 8.42 Å². The van der Waals surface area contributed by atoms with Crippen molar-refractivity contribution in [2.24, 2.45) is 0 Å². The minimum atomic E-state index is -3.31. The van der Waals surface area contributed by atoms with Gasteiger partial charge in [-0.15, -0.1) is 0 Å². The van der Waals surface area contributed by atoms with E-state index >= 15 is 0 Å². The van der Waals surface area contributed by atoms with Crippen LogP contribution >= 0.6 is 0 Å². The largest absolute Gasteiger partial charge is 0.486 e. The number of hydrogen-bond acceptors (Lipinski definition) is 6. The lowest BCUT2D eigenvalue weighted by Gasteiger charge is -2.17. The van der Waals surface area contributed by atoms with Crippen LogP contribution in [0.3, 0.4) is 0 Å². The van der Waals surface area contributed by atoms with Crippen LogP contribution in [0.5, 0.6) is 5.75 Å². The highest BCUT2D eigenvalue weighted by atomic mass is 32.2. The smallest absolute Gasteiger partial charge is 0.276 e. The molecule has 1 aliphatic rings. The summed E-state index contributed by atoms with van der Waals surface area (Å²) in [6.45, 7) is 1.52. The molecule has 8 heteroatoms. The first-order valence-electron chi connectivity index (χ1n) is 5.59. The standard InChI is InChI=1S/C11H13NO6S/c1-7-8(12(14)15)3-2-4-10(7)18-11-6-19(16,17)5-9(11)13/h2-4,9,11,13H,5-6H2,1H3. The molecule has 104 valence electrons. The first-order chi connectivity index (χ1) is 8.80. The summed E-state index contributed by atoms with van der Waals surface area (Å²) in [5, 5.41) is 20.4. The first kappa shape index (κ1) is 13.8. The number of ether oxygens (including phenoxy) is 1. The second-order valence-electron chi connectivity index (χ2n) is 4.46. The predicted octanol–water partition coefficient (Wildman–Crippen LogP) is 0.440. The van der Waals surface area contributed by atoms with Crippen molar-refractivity contribution in [1.29, 1.82) is 0 Å². The summed E-state index contributed by atoms with van der Waals surface area (Å²) in [6, 6.07) is 4.31. The highest BCUT2D eigenvalue weighted by Crippen LogP contribution is 2.29. The van der Waals surface area contributed by atoms with Crippen molar-refractivity contribution in [3.05, 3.63) is 33.9 Å². The Kier molecular flexibility index (Phi) is 3.46. The molecule has 7 nitrogen and oxygen atoms in total. The molecule has 1 aliphatic heterocycles. The Labute approximate surface area is 109 Å². The zero-order valence-corrected chi connectivity index (χ0v) is 11.0. The Bertz CT molecular complexity index is 612. The maximum atomic E-state index is 11.4. The van der Waals surface area contributed by atoms with Gasteiger partial charge in [-0.05, 0) is 13.0 Å². The third-order valence-electron chi connectivity index (χ3n) is 3.00. The molecule has 1 saturated heterocycles. The van der Waals surface area contributed by atoms with Crippen LogP contribution in [0.4, 0.5) is 5.69 Å². The summed E-state index contributed by atoms with van der Waals surface area (Å²) in [5.74, 6) is -0.405. The maximum Gasteiger partial charge on any atom is 0.276 e. The molecule has 0 aliphatic carbocycles. The van der Waals surface area contributed by atoms with Crippen molar-refractivity contribution in [3.63, 3.8) is 0 Å². The molecule has 0 amide bonds. The second kappa shape index (κ2) is 4.78. The van der Waals surface area contributed by atoms with E-state index in [1.54, 1.807) is 0 Å². The number of nitrogens with zero attached hydrogens (tertiary/aromatic N) is 1. The summed E-state index contributed by atoms with van der Waals surface area (Å²) in [5.41, 5.74) is 0.205. The van der Waals surface area contributed by atoms with Crippen LogP contribution in [-0.4, -0.2) is 42.2 Å². The molecule has 2 rings (SSSR count). The highest BCUT2D eigenvalue weighted by Gasteiger charge is 2.38. The van der Waals surface area contributed by atoms with Crippen LogP contribution in [0, 0.1) is 17.0 Å². The van der Waals surface area contributed by atoms with Gasteiger partial charge in [0.05, 0.1) is 22.0 Å². The van der Waals surface area contributed by atoms with Crippen molar-refractivity contribution in [3.8, 4) is 5.75 Å². The van der Waals surface area contributed by atoms with Gasteiger partial charge < -0.3 is 9.84 Å². The molecular formula is C11H13NO6S. The molecule has 1 heterocycles. The van der Waals surface area contributed by atoms with E-state index in [4.69, 9.17) is 4.74 Å². The number of nitro groups is 1. The summed E-state index contributed by atoms with van der Waals surface area (Å²) in [7, 11) is -3.31. The lowest BCUT2D eigenvalue weighted by Crippen LogP contribution is -2.30. The maximum absolute atomic E-state index is 11.4. The van der Waals surface area contributed by atoms with Gasteiger partial charge in [0, 0.05) is 6.07 Å². The summed E-state index contributed by atoms with van der Waals surface area (Å²) in [6.07, 6.45) is -1.99. The Morgan fingerprint density at radius 2 is 2.11 bits per heavy atom. The molecule has 1 aromatic rings. The quantitative estimate of drug-likeness (QED) is 0.638. The van der Waals surface area contributed by atoms with Crippen LogP contribution in [-0.2, 0) is 9.84 Å². The van der Waals surface area contributed by atoms with Crippen molar-refractivity contribution in [2.45, 2.75) is 19.1 Å². The van der Waals surface area contributed by atoms with E-state index in [1.807, 2.05) is 0 Å². The zero-order valence-electron chi connectivity index (χ0n) is 10.1. The average molecular weight is 287 g/mol. The van der Waals surface area contributed by atoms with Gasteiger partial charge in [0.1, 0.15) is 18.0 Å². The molecule has 0 spiro atoms. The van der Waals surface area contributed by atoms with Crippen molar-refractivity contribution >= 4 is 15.5 Å². The minimum Gasteiger partial charge on any atom is -0.486 e. The molecule has 0 radical (unpaired) electrons. The van der Waals surface area contributed by atoms with E-state index in [1.165, 1.54) is 25.1 Å². The van der Waals surface area contributed by atoms with Gasteiger partial charge in [0.15, 0.2) is 9.84 Å². The number of aliphatic hydroxyl groups excluding tert-OH is 1. The molecular weight excluding hydrogens is 274 g/mol. The van der Waals surface area contributed by atoms with Crippen molar-refractivity contribution < 1.29 is 23.2 Å². The van der Waals surface area contributed by atoms with E-state index in [0.29, 0.717) is 5.56 Å². The fourth-order valence-corrected chi connectivity index (χ4v) is 3.66. The van der Waals surface area contributed by atoms with Crippen LogP contribution in [0.2, 0.25) is 0 Å². The van der Waals surface area contributed by atoms with Gasteiger partial charge in [-0.1, -0.05) is 6.07 Å². The fourth-order valence-electron chi connectivity index (χ4n) is 2.00. The molecule has 1 aromatic carbocycles. The average Bonchev–Trinajstić information content (AvgIpc) is 2.54. The number of rotatable bonds is 3. The number of aliphatic hydroxyl groups is 1. The molecule has 2 atom stereocenters. The van der Waals surface area contributed by atoms with E-state index in [0.717, 1.165) is 0 Å². The van der Waals surface area contributed by atoms with Crippen LogP contribution in [0.1, 0.15) is 5.56 Å². The third kappa shape index (κ3) is 2.85. The third-order valence-corrected chi connectivity index (χ3v) is 4.69. The molecule has 0 bridgehead atoms. The number of benzene rings is 1. The van der Waals surface area contributed by atoms with Gasteiger partial charge >= 0.3 is 0 Å². The Hall–Kier alpha value is -1.67. The van der Waals surface area contributed by atoms with Gasteiger partial charge in [-0.3, -0.25) is 10.1 Å². The number of hydrogen-bond donors (Lipinski definition) is 1. The number of sulfone groups is 1. The van der Waals surface area contributed by atoms with E-state index < -0.39 is 27.0 Å². The van der Waals surface area contributed by atoms with Crippen LogP contribution in [0.15, 0.2) is 18.2 Å². The lowest BCUT2D eigenvalue weighted by atomic mass is 10.1. The van der Waals surface area contributed by atoms with Crippen molar-refractivity contribution in [2.75, 3.05) is 11.5 Å². The molecule has 19 heavy (non-hydrogen) atoms. The minimum absolute atomic E-state index is 0.104. The van der Waals surface area contributed by atoms with E-state index in [9.17, 15) is 23.6 Å². The number of nitro benzene ring substituents is 1. The monoisotopic (exact) mass is 287 g/mol. The van der Waals surface area contributed by atoms with Crippen LogP contribution < -0.4 is 4.74 Å². The van der Waals surface area contributed by atoms with Gasteiger partial charge in [-0.2, -0.15) is 0 Å². The predicted molar refractivity (Wildman–Crippen MR) is 66.9 cm³/mol. The van der Waals surface area contributed by atoms with Crippen molar-refractivity contribution in [1.82, 2.24) is 0 Å². The Balaban J connectivity index is 2.25. The van der Waals surface area contributed by atoms with Gasteiger partial charge in [0.25, 0.3) is 5.69 Å². The Morgan fingerprint density at radius 3 is 2.63 bits per heavy atom. The molecule has 2 unspecified atom stereocenters. The van der Waals surface area contributed by atoms with Crippen LogP contribution in [0.25, 0.3) is 0 Å². The highest BCUT2D eigenvalue weighted by molar-refractivity contribution is 7.91. The molecule has 0 saturated carbocycles. The molecule has 0 aromatic heterocycles. The molecule has 1 N–H and O–H groups in total. The first-order valence-corrected chi connectivity index (χ1v) is 7.41. The zero-order chi connectivity index (χ0) is 14.2. The van der Waals surface area contributed by atoms with E-state index in [2.05, 4.69) is 0 Å². The summed E-state index contributed by atoms with van der Waals surface area (Å²) >= 11 is 0. The SMILES string of the molecule is Cc1c(OC2CS(=O)(=O)CC2O)cccc1[N+](=O)[O-]. The normalized spacial score (nSPS) is 25.2. The van der Waals surface area contributed by atoms with Gasteiger partial charge in [0.2, 0.25) is 0 Å².